The molecule has 2 saturated heterocycles. The first-order valence-electron chi connectivity index (χ1n) is 8.92. The summed E-state index contributed by atoms with van der Waals surface area (Å²) in [4.78, 5) is 17.2. The molecule has 0 aliphatic carbocycles. The summed E-state index contributed by atoms with van der Waals surface area (Å²) in [5.74, 6) is 1.79. The summed E-state index contributed by atoms with van der Waals surface area (Å²) in [5.41, 5.74) is 1.05. The molecule has 2 fully saturated rings. The van der Waals surface area contributed by atoms with Gasteiger partial charge in [0.05, 0.1) is 26.4 Å². The topological polar surface area (TPSA) is 51.2 Å². The number of methoxy groups -OCH3 is 3. The van der Waals surface area contributed by atoms with E-state index in [1.54, 1.807) is 21.3 Å². The molecule has 1 amide bonds. The van der Waals surface area contributed by atoms with E-state index >= 15 is 0 Å². The van der Waals surface area contributed by atoms with Gasteiger partial charge in [-0.1, -0.05) is 6.07 Å². The van der Waals surface area contributed by atoms with Crippen LogP contribution < -0.4 is 9.47 Å². The molecule has 0 spiro atoms. The Balaban J connectivity index is 1.77. The Morgan fingerprint density at radius 1 is 1.16 bits per heavy atom. The van der Waals surface area contributed by atoms with Crippen molar-refractivity contribution in [1.29, 1.82) is 0 Å². The molecule has 2 atom stereocenters. The van der Waals surface area contributed by atoms with Gasteiger partial charge in [-0.3, -0.25) is 9.69 Å². The molecule has 6 nitrogen and oxygen atoms in total. The Bertz CT molecular complexity index is 601. The van der Waals surface area contributed by atoms with Crippen LogP contribution in [0.5, 0.6) is 11.5 Å². The van der Waals surface area contributed by atoms with E-state index in [4.69, 9.17) is 14.2 Å². The van der Waals surface area contributed by atoms with E-state index in [1.807, 2.05) is 23.1 Å². The van der Waals surface area contributed by atoms with Gasteiger partial charge in [0.15, 0.2) is 0 Å². The predicted molar refractivity (Wildman–Crippen MR) is 95.0 cm³/mol. The summed E-state index contributed by atoms with van der Waals surface area (Å²) in [5, 5.41) is 0. The largest absolute Gasteiger partial charge is 0.497 e. The number of benzene rings is 1. The van der Waals surface area contributed by atoms with Crippen LogP contribution in [0.25, 0.3) is 0 Å². The van der Waals surface area contributed by atoms with Gasteiger partial charge >= 0.3 is 0 Å². The zero-order chi connectivity index (χ0) is 17.8. The number of carbonyl (C=O) groups is 1. The lowest BCUT2D eigenvalue weighted by Gasteiger charge is -2.27. The first-order chi connectivity index (χ1) is 12.2. The van der Waals surface area contributed by atoms with Gasteiger partial charge in [-0.25, -0.2) is 0 Å². The summed E-state index contributed by atoms with van der Waals surface area (Å²) in [6.45, 7) is 3.19. The molecule has 1 aromatic carbocycles. The molecular weight excluding hydrogens is 320 g/mol. The minimum Gasteiger partial charge on any atom is -0.497 e. The third-order valence-electron chi connectivity index (χ3n) is 5.27. The highest BCUT2D eigenvalue weighted by Gasteiger charge is 2.39. The van der Waals surface area contributed by atoms with E-state index in [2.05, 4.69) is 4.90 Å². The van der Waals surface area contributed by atoms with Crippen molar-refractivity contribution in [3.63, 3.8) is 0 Å². The fourth-order valence-corrected chi connectivity index (χ4v) is 3.81. The van der Waals surface area contributed by atoms with Crippen LogP contribution >= 0.6 is 0 Å². The van der Waals surface area contributed by atoms with Crippen molar-refractivity contribution in [1.82, 2.24) is 9.80 Å². The molecule has 25 heavy (non-hydrogen) atoms. The summed E-state index contributed by atoms with van der Waals surface area (Å²) < 4.78 is 16.3. The molecule has 6 heteroatoms. The number of rotatable bonds is 6. The maximum atomic E-state index is 12.9. The van der Waals surface area contributed by atoms with Gasteiger partial charge in [0, 0.05) is 44.9 Å². The Morgan fingerprint density at radius 2 is 1.92 bits per heavy atom. The zero-order valence-corrected chi connectivity index (χ0v) is 15.4. The lowest BCUT2D eigenvalue weighted by Crippen LogP contribution is -2.44. The maximum Gasteiger partial charge on any atom is 0.240 e. The molecule has 0 aromatic heterocycles. The first kappa shape index (κ1) is 18.0. The van der Waals surface area contributed by atoms with Crippen molar-refractivity contribution in [3.8, 4) is 11.5 Å². The van der Waals surface area contributed by atoms with E-state index < -0.39 is 0 Å². The quantitative estimate of drug-likeness (QED) is 0.786. The monoisotopic (exact) mass is 348 g/mol. The molecule has 138 valence electrons. The average Bonchev–Trinajstić information content (AvgIpc) is 3.31. The van der Waals surface area contributed by atoms with Gasteiger partial charge in [0.1, 0.15) is 11.5 Å². The van der Waals surface area contributed by atoms with Crippen LogP contribution in [-0.2, 0) is 16.1 Å². The molecule has 0 radical (unpaired) electrons. The van der Waals surface area contributed by atoms with E-state index in [0.29, 0.717) is 6.54 Å². The second kappa shape index (κ2) is 8.06. The summed E-state index contributed by atoms with van der Waals surface area (Å²) >= 11 is 0. The van der Waals surface area contributed by atoms with E-state index in [-0.39, 0.29) is 18.1 Å². The third-order valence-corrected chi connectivity index (χ3v) is 5.27. The van der Waals surface area contributed by atoms with Gasteiger partial charge in [0.2, 0.25) is 5.91 Å². The van der Waals surface area contributed by atoms with E-state index in [1.165, 1.54) is 0 Å². The highest BCUT2D eigenvalue weighted by atomic mass is 16.5. The van der Waals surface area contributed by atoms with Crippen LogP contribution in [-0.4, -0.2) is 68.8 Å². The number of ether oxygens (including phenoxy) is 3. The molecule has 2 aliphatic heterocycles. The first-order valence-corrected chi connectivity index (χ1v) is 8.92. The standard InChI is InChI=1S/C19H28N2O4/c1-23-15-7-6-14(18(11-15)25-3)12-21-13-16(24-2)10-17(21)19(22)20-8-4-5-9-20/h6-7,11,16-17H,4-5,8-10,12-13H2,1-3H3/t16-,17-/m0/s1. The predicted octanol–water partition coefficient (Wildman–Crippen LogP) is 1.92. The number of nitrogens with zero attached hydrogens (tertiary/aromatic N) is 2. The van der Waals surface area contributed by atoms with Crippen molar-refractivity contribution in [2.45, 2.75) is 38.0 Å². The van der Waals surface area contributed by atoms with Gasteiger partial charge in [-0.15, -0.1) is 0 Å². The van der Waals surface area contributed by atoms with Gasteiger partial charge in [-0.2, -0.15) is 0 Å². The minimum absolute atomic E-state index is 0.0980. The van der Waals surface area contributed by atoms with Crippen LogP contribution in [0.4, 0.5) is 0 Å². The van der Waals surface area contributed by atoms with Crippen molar-refractivity contribution >= 4 is 5.91 Å². The highest BCUT2D eigenvalue weighted by Crippen LogP contribution is 2.30. The molecule has 0 N–H and O–H groups in total. The molecule has 0 bridgehead atoms. The fourth-order valence-electron chi connectivity index (χ4n) is 3.81. The number of hydrogen-bond acceptors (Lipinski definition) is 5. The van der Waals surface area contributed by atoms with E-state index in [0.717, 1.165) is 56.0 Å². The lowest BCUT2D eigenvalue weighted by molar-refractivity contribution is -0.135. The molecule has 2 heterocycles. The van der Waals surface area contributed by atoms with E-state index in [9.17, 15) is 4.79 Å². The second-order valence-electron chi connectivity index (χ2n) is 6.75. The Labute approximate surface area is 149 Å². The second-order valence-corrected chi connectivity index (χ2v) is 6.75. The maximum absolute atomic E-state index is 12.9. The molecule has 0 unspecified atom stereocenters. The SMILES string of the molecule is COc1ccc(CN2C[C@@H](OC)C[C@H]2C(=O)N2CCCC2)c(OC)c1. The molecular formula is C19H28N2O4. The molecule has 1 aromatic rings. The number of carbonyl (C=O) groups excluding carboxylic acids is 1. The van der Waals surface area contributed by atoms with Crippen LogP contribution in [0.1, 0.15) is 24.8 Å². The van der Waals surface area contributed by atoms with Crippen molar-refractivity contribution in [3.05, 3.63) is 23.8 Å². The van der Waals surface area contributed by atoms with Crippen LogP contribution in [0.3, 0.4) is 0 Å². The number of hydrogen-bond donors (Lipinski definition) is 0. The molecule has 0 saturated carbocycles. The smallest absolute Gasteiger partial charge is 0.240 e. The van der Waals surface area contributed by atoms with Gasteiger partial charge in [0.25, 0.3) is 0 Å². The Kier molecular flexibility index (Phi) is 5.81. The summed E-state index contributed by atoms with van der Waals surface area (Å²) in [7, 11) is 5.02. The normalized spacial score (nSPS) is 23.9. The van der Waals surface area contributed by atoms with Crippen LogP contribution in [0.2, 0.25) is 0 Å². The van der Waals surface area contributed by atoms with Gasteiger partial charge in [-0.05, 0) is 25.3 Å². The highest BCUT2D eigenvalue weighted by molar-refractivity contribution is 5.82. The van der Waals surface area contributed by atoms with Crippen molar-refractivity contribution in [2.75, 3.05) is 41.0 Å². The fraction of sp³-hybridized carbons (Fsp3) is 0.632. The molecule has 3 rings (SSSR count). The van der Waals surface area contributed by atoms with Gasteiger partial charge < -0.3 is 19.1 Å². The Hall–Kier alpha value is -1.79. The minimum atomic E-state index is -0.116. The lowest BCUT2D eigenvalue weighted by atomic mass is 10.1. The molecule has 2 aliphatic rings. The average molecular weight is 348 g/mol. The third kappa shape index (κ3) is 3.90. The Morgan fingerprint density at radius 3 is 2.56 bits per heavy atom. The summed E-state index contributed by atoms with van der Waals surface area (Å²) in [6, 6.07) is 5.71. The number of amides is 1. The van der Waals surface area contributed by atoms with Crippen LogP contribution in [0, 0.1) is 0 Å². The van der Waals surface area contributed by atoms with Crippen molar-refractivity contribution < 1.29 is 19.0 Å². The zero-order valence-electron chi connectivity index (χ0n) is 15.4. The van der Waals surface area contributed by atoms with Crippen LogP contribution in [0.15, 0.2) is 18.2 Å². The van der Waals surface area contributed by atoms with Crippen molar-refractivity contribution in [2.24, 2.45) is 0 Å². The number of likely N-dealkylation sites (tertiary alicyclic amines) is 2. The summed E-state index contributed by atoms with van der Waals surface area (Å²) in [6.07, 6.45) is 3.07.